The molecule has 0 bridgehead atoms. The molecule has 2 heterocycles. The first-order valence-corrected chi connectivity index (χ1v) is 9.65. The largest absolute Gasteiger partial charge is 0.339 e. The van der Waals surface area contributed by atoms with Crippen molar-refractivity contribution in [2.24, 2.45) is 0 Å². The van der Waals surface area contributed by atoms with Crippen LogP contribution in [0.4, 0.5) is 15.8 Å². The normalized spacial score (nSPS) is 14.2. The second-order valence-corrected chi connectivity index (χ2v) is 7.49. The highest BCUT2D eigenvalue weighted by Gasteiger charge is 2.42. The van der Waals surface area contributed by atoms with Crippen LogP contribution in [0.2, 0.25) is 5.02 Å². The zero-order valence-electron chi connectivity index (χ0n) is 14.7. The molecule has 1 aromatic heterocycles. The van der Waals surface area contributed by atoms with Gasteiger partial charge in [0.15, 0.2) is 0 Å². The lowest BCUT2D eigenvalue weighted by Gasteiger charge is -2.21. The molecule has 0 fully saturated rings. The average Bonchev–Trinajstić information content (AvgIpc) is 3.30. The number of likely N-dealkylation sites (N-methyl/N-ethyl adjacent to an activating group) is 1. The van der Waals surface area contributed by atoms with E-state index >= 15 is 0 Å². The van der Waals surface area contributed by atoms with E-state index < -0.39 is 17.6 Å². The van der Waals surface area contributed by atoms with E-state index in [2.05, 4.69) is 0 Å². The van der Waals surface area contributed by atoms with Crippen LogP contribution in [0.25, 0.3) is 5.57 Å². The maximum absolute atomic E-state index is 13.6. The van der Waals surface area contributed by atoms with Crippen LogP contribution >= 0.6 is 22.9 Å². The van der Waals surface area contributed by atoms with Gasteiger partial charge in [-0.05, 0) is 41.8 Å². The lowest BCUT2D eigenvalue weighted by molar-refractivity contribution is -0.120. The lowest BCUT2D eigenvalue weighted by atomic mass is 10.1. The van der Waals surface area contributed by atoms with Gasteiger partial charge in [-0.25, -0.2) is 9.29 Å². The van der Waals surface area contributed by atoms with E-state index in [4.69, 9.17) is 11.6 Å². The molecular formula is C21H14ClFN2O2S. The molecule has 0 atom stereocenters. The summed E-state index contributed by atoms with van der Waals surface area (Å²) < 4.78 is 13.6. The Hall–Kier alpha value is -2.96. The minimum absolute atomic E-state index is 0.152. The zero-order valence-corrected chi connectivity index (χ0v) is 16.3. The molecule has 0 saturated heterocycles. The Morgan fingerprint density at radius 2 is 1.75 bits per heavy atom. The predicted octanol–water partition coefficient (Wildman–Crippen LogP) is 4.96. The van der Waals surface area contributed by atoms with Gasteiger partial charge in [-0.3, -0.25) is 9.59 Å². The van der Waals surface area contributed by atoms with Gasteiger partial charge in [0.1, 0.15) is 11.5 Å². The van der Waals surface area contributed by atoms with Crippen LogP contribution < -0.4 is 9.80 Å². The van der Waals surface area contributed by atoms with Gasteiger partial charge in [-0.1, -0.05) is 35.9 Å². The zero-order chi connectivity index (χ0) is 19.8. The van der Waals surface area contributed by atoms with Gasteiger partial charge in [0.05, 0.1) is 16.3 Å². The molecule has 4 nitrogen and oxygen atoms in total. The summed E-state index contributed by atoms with van der Waals surface area (Å²) in [5.74, 6) is -1.56. The minimum Gasteiger partial charge on any atom is -0.339 e. The molecule has 4 rings (SSSR count). The summed E-state index contributed by atoms with van der Waals surface area (Å²) in [6, 6.07) is 16.7. The molecule has 1 aliphatic heterocycles. The molecule has 0 radical (unpaired) electrons. The maximum atomic E-state index is 13.6. The van der Waals surface area contributed by atoms with E-state index in [0.717, 1.165) is 16.7 Å². The number of para-hydroxylation sites is 1. The van der Waals surface area contributed by atoms with Gasteiger partial charge in [0.2, 0.25) is 0 Å². The van der Waals surface area contributed by atoms with Gasteiger partial charge in [-0.2, -0.15) is 0 Å². The molecule has 0 N–H and O–H groups in total. The molecule has 0 spiro atoms. The monoisotopic (exact) mass is 412 g/mol. The van der Waals surface area contributed by atoms with Crippen molar-refractivity contribution in [1.82, 2.24) is 0 Å². The summed E-state index contributed by atoms with van der Waals surface area (Å²) in [5, 5.41) is 1.69. The van der Waals surface area contributed by atoms with Crippen LogP contribution in [0.3, 0.4) is 0 Å². The summed E-state index contributed by atoms with van der Waals surface area (Å²) in [6.45, 7) is 0. The number of amides is 2. The van der Waals surface area contributed by atoms with Crippen molar-refractivity contribution in [1.29, 1.82) is 0 Å². The second-order valence-electron chi connectivity index (χ2n) is 6.14. The molecule has 3 aromatic rings. The number of imide groups is 1. The van der Waals surface area contributed by atoms with Gasteiger partial charge in [-0.15, -0.1) is 11.3 Å². The highest BCUT2D eigenvalue weighted by Crippen LogP contribution is 2.38. The number of halogens is 2. The van der Waals surface area contributed by atoms with Gasteiger partial charge < -0.3 is 4.90 Å². The maximum Gasteiger partial charge on any atom is 0.282 e. The SMILES string of the molecule is CN(C1=C(c2cccs2)C(=O)N(c2ccc(F)c(Cl)c2)C1=O)c1ccccc1. The molecule has 2 aromatic carbocycles. The molecular weight excluding hydrogens is 399 g/mol. The van der Waals surface area contributed by atoms with Crippen LogP contribution in [0.1, 0.15) is 4.88 Å². The van der Waals surface area contributed by atoms with E-state index in [-0.39, 0.29) is 16.4 Å². The Morgan fingerprint density at radius 3 is 2.39 bits per heavy atom. The summed E-state index contributed by atoms with van der Waals surface area (Å²) in [7, 11) is 1.74. The first-order chi connectivity index (χ1) is 13.5. The molecule has 0 saturated carbocycles. The van der Waals surface area contributed by atoms with Crippen LogP contribution in [-0.2, 0) is 9.59 Å². The summed E-state index contributed by atoms with van der Waals surface area (Å²) >= 11 is 7.25. The van der Waals surface area contributed by atoms with E-state index in [9.17, 15) is 14.0 Å². The van der Waals surface area contributed by atoms with Crippen LogP contribution in [0.5, 0.6) is 0 Å². The van der Waals surface area contributed by atoms with Crippen molar-refractivity contribution in [2.45, 2.75) is 0 Å². The number of carbonyl (C=O) groups excluding carboxylic acids is 2. The Kier molecular flexibility index (Phi) is 4.75. The lowest BCUT2D eigenvalue weighted by Crippen LogP contribution is -2.34. The number of thiophene rings is 1. The fraction of sp³-hybridized carbons (Fsp3) is 0.0476. The molecule has 0 aliphatic carbocycles. The molecule has 0 unspecified atom stereocenters. The topological polar surface area (TPSA) is 40.6 Å². The van der Waals surface area contributed by atoms with Crippen molar-refractivity contribution in [3.8, 4) is 0 Å². The number of hydrogen-bond acceptors (Lipinski definition) is 4. The fourth-order valence-corrected chi connectivity index (χ4v) is 4.05. The molecule has 1 aliphatic rings. The Bertz CT molecular complexity index is 1100. The summed E-state index contributed by atoms with van der Waals surface area (Å²) in [4.78, 5) is 30.0. The number of nitrogens with zero attached hydrogens (tertiary/aromatic N) is 2. The van der Waals surface area contributed by atoms with E-state index in [0.29, 0.717) is 10.5 Å². The van der Waals surface area contributed by atoms with Crippen molar-refractivity contribution in [3.05, 3.63) is 87.5 Å². The summed E-state index contributed by atoms with van der Waals surface area (Å²) in [5.41, 5.74) is 1.57. The van der Waals surface area contributed by atoms with Crippen molar-refractivity contribution < 1.29 is 14.0 Å². The molecule has 28 heavy (non-hydrogen) atoms. The van der Waals surface area contributed by atoms with Gasteiger partial charge in [0, 0.05) is 17.6 Å². The third kappa shape index (κ3) is 3.00. The smallest absolute Gasteiger partial charge is 0.282 e. The third-order valence-electron chi connectivity index (χ3n) is 4.47. The van der Waals surface area contributed by atoms with E-state index in [1.807, 2.05) is 41.8 Å². The standard InChI is InChI=1S/C21H14ClFN2O2S/c1-24(13-6-3-2-4-7-13)19-18(17-8-5-11-28-17)20(26)25(21(19)27)14-9-10-16(23)15(22)12-14/h2-12H,1H3. The first kappa shape index (κ1) is 18.4. The van der Waals surface area contributed by atoms with E-state index in [1.165, 1.54) is 23.5 Å². The molecule has 7 heteroatoms. The second kappa shape index (κ2) is 7.22. The van der Waals surface area contributed by atoms with Crippen LogP contribution in [0, 0.1) is 5.82 Å². The number of anilines is 2. The number of benzene rings is 2. The van der Waals surface area contributed by atoms with Crippen molar-refractivity contribution in [3.63, 3.8) is 0 Å². The quantitative estimate of drug-likeness (QED) is 0.568. The Labute approximate surface area is 170 Å². The average molecular weight is 413 g/mol. The van der Waals surface area contributed by atoms with Crippen molar-refractivity contribution >= 4 is 51.7 Å². The van der Waals surface area contributed by atoms with Crippen LogP contribution in [0.15, 0.2) is 71.7 Å². The first-order valence-electron chi connectivity index (χ1n) is 8.40. The molecule has 140 valence electrons. The predicted molar refractivity (Wildman–Crippen MR) is 110 cm³/mol. The highest BCUT2D eigenvalue weighted by atomic mass is 35.5. The highest BCUT2D eigenvalue weighted by molar-refractivity contribution is 7.11. The number of hydrogen-bond donors (Lipinski definition) is 0. The van der Waals surface area contributed by atoms with Crippen LogP contribution in [-0.4, -0.2) is 18.9 Å². The fourth-order valence-electron chi connectivity index (χ4n) is 3.11. The summed E-state index contributed by atoms with van der Waals surface area (Å²) in [6.07, 6.45) is 0. The van der Waals surface area contributed by atoms with E-state index in [1.54, 1.807) is 18.0 Å². The van der Waals surface area contributed by atoms with Gasteiger partial charge >= 0.3 is 0 Å². The third-order valence-corrected chi connectivity index (χ3v) is 5.64. The number of carbonyl (C=O) groups is 2. The molecule has 2 amide bonds. The number of rotatable bonds is 4. The minimum atomic E-state index is -0.613. The Morgan fingerprint density at radius 1 is 1.00 bits per heavy atom. The van der Waals surface area contributed by atoms with Crippen molar-refractivity contribution in [2.75, 3.05) is 16.8 Å². The van der Waals surface area contributed by atoms with Gasteiger partial charge in [0.25, 0.3) is 11.8 Å². The Balaban J connectivity index is 1.86.